The second-order valence-corrected chi connectivity index (χ2v) is 5.41. The van der Waals surface area contributed by atoms with E-state index in [1.54, 1.807) is 30.7 Å². The Morgan fingerprint density at radius 1 is 1.38 bits per heavy atom. The minimum absolute atomic E-state index is 0.0717. The number of aromatic nitrogens is 4. The number of pyridine rings is 2. The topological polar surface area (TPSA) is 83.6 Å². The van der Waals surface area contributed by atoms with Gasteiger partial charge in [-0.15, -0.1) is 0 Å². The average molecular weight is 346 g/mol. The van der Waals surface area contributed by atoms with Crippen LogP contribution in [0.25, 0.3) is 11.2 Å². The van der Waals surface area contributed by atoms with Crippen molar-refractivity contribution in [2.24, 2.45) is 0 Å². The number of anilines is 1. The molecular formula is C14H12BrN5O. The molecule has 1 amide bonds. The van der Waals surface area contributed by atoms with Gasteiger partial charge in [-0.25, -0.2) is 9.97 Å². The maximum atomic E-state index is 11.9. The third-order valence-corrected chi connectivity index (χ3v) is 3.32. The molecule has 3 aromatic rings. The van der Waals surface area contributed by atoms with Gasteiger partial charge in [-0.1, -0.05) is 0 Å². The lowest BCUT2D eigenvalue weighted by atomic mass is 10.3. The summed E-state index contributed by atoms with van der Waals surface area (Å²) >= 11 is 3.36. The monoisotopic (exact) mass is 345 g/mol. The molecule has 106 valence electrons. The van der Waals surface area contributed by atoms with Crippen LogP contribution in [0, 0.1) is 0 Å². The Balaban J connectivity index is 1.62. The Morgan fingerprint density at radius 3 is 3.10 bits per heavy atom. The Kier molecular flexibility index (Phi) is 3.92. The number of carbonyl (C=O) groups excluding carboxylic acids is 1. The summed E-state index contributed by atoms with van der Waals surface area (Å²) in [6.45, 7) is 0. The molecule has 0 atom stereocenters. The van der Waals surface area contributed by atoms with Crippen molar-refractivity contribution >= 4 is 38.7 Å². The molecule has 0 aromatic carbocycles. The zero-order chi connectivity index (χ0) is 14.7. The zero-order valence-electron chi connectivity index (χ0n) is 11.0. The molecule has 3 rings (SSSR count). The number of hydrogen-bond donors (Lipinski definition) is 2. The largest absolute Gasteiger partial charge is 0.341 e. The highest BCUT2D eigenvalue weighted by molar-refractivity contribution is 9.10. The molecule has 0 saturated carbocycles. The predicted molar refractivity (Wildman–Crippen MR) is 82.8 cm³/mol. The SMILES string of the molecule is O=C(CCc1nc2ncc(Br)cc2[nH]1)Nc1cccnc1. The van der Waals surface area contributed by atoms with E-state index in [9.17, 15) is 4.79 Å². The molecule has 21 heavy (non-hydrogen) atoms. The first kappa shape index (κ1) is 13.7. The van der Waals surface area contributed by atoms with Crippen molar-refractivity contribution in [1.82, 2.24) is 19.9 Å². The zero-order valence-corrected chi connectivity index (χ0v) is 12.6. The van der Waals surface area contributed by atoms with Crippen molar-refractivity contribution in [3.8, 4) is 0 Å². The van der Waals surface area contributed by atoms with Crippen molar-refractivity contribution < 1.29 is 4.79 Å². The van der Waals surface area contributed by atoms with Crippen LogP contribution < -0.4 is 5.32 Å². The molecule has 0 aliphatic heterocycles. The molecule has 3 heterocycles. The summed E-state index contributed by atoms with van der Waals surface area (Å²) in [4.78, 5) is 27.5. The van der Waals surface area contributed by atoms with Gasteiger partial charge in [0.15, 0.2) is 5.65 Å². The summed E-state index contributed by atoms with van der Waals surface area (Å²) < 4.78 is 0.888. The molecule has 0 spiro atoms. The van der Waals surface area contributed by atoms with Crippen LogP contribution in [0.15, 0.2) is 41.3 Å². The lowest BCUT2D eigenvalue weighted by molar-refractivity contribution is -0.116. The summed E-state index contributed by atoms with van der Waals surface area (Å²) in [5.74, 6) is 0.675. The van der Waals surface area contributed by atoms with Crippen molar-refractivity contribution in [2.45, 2.75) is 12.8 Å². The van der Waals surface area contributed by atoms with E-state index in [1.165, 1.54) is 0 Å². The first-order chi connectivity index (χ1) is 10.2. The fourth-order valence-corrected chi connectivity index (χ4v) is 2.27. The second-order valence-electron chi connectivity index (χ2n) is 4.50. The van der Waals surface area contributed by atoms with Crippen LogP contribution >= 0.6 is 15.9 Å². The van der Waals surface area contributed by atoms with E-state index in [4.69, 9.17) is 0 Å². The van der Waals surface area contributed by atoms with Gasteiger partial charge in [-0.05, 0) is 34.1 Å². The Bertz CT molecular complexity index is 771. The lowest BCUT2D eigenvalue weighted by Crippen LogP contribution is -2.12. The molecule has 0 unspecified atom stereocenters. The van der Waals surface area contributed by atoms with Gasteiger partial charge in [0.1, 0.15) is 5.82 Å². The number of hydrogen-bond acceptors (Lipinski definition) is 4. The van der Waals surface area contributed by atoms with Gasteiger partial charge in [0, 0.05) is 29.7 Å². The quantitative estimate of drug-likeness (QED) is 0.761. The summed E-state index contributed by atoms with van der Waals surface area (Å²) in [5.41, 5.74) is 2.20. The number of halogens is 1. The number of carbonyl (C=O) groups is 1. The van der Waals surface area contributed by atoms with Crippen molar-refractivity contribution in [1.29, 1.82) is 0 Å². The van der Waals surface area contributed by atoms with E-state index in [1.807, 2.05) is 6.07 Å². The van der Waals surface area contributed by atoms with E-state index in [-0.39, 0.29) is 5.91 Å². The van der Waals surface area contributed by atoms with Gasteiger partial charge in [0.05, 0.1) is 17.4 Å². The van der Waals surface area contributed by atoms with Gasteiger partial charge in [-0.2, -0.15) is 0 Å². The smallest absolute Gasteiger partial charge is 0.224 e. The molecule has 0 bridgehead atoms. The summed E-state index contributed by atoms with van der Waals surface area (Å²) in [6, 6.07) is 5.49. The highest BCUT2D eigenvalue weighted by Gasteiger charge is 2.08. The van der Waals surface area contributed by atoms with Crippen molar-refractivity contribution in [3.63, 3.8) is 0 Å². The van der Waals surface area contributed by atoms with Crippen LogP contribution in [0.3, 0.4) is 0 Å². The predicted octanol–water partition coefficient (Wildman–Crippen LogP) is 2.69. The molecule has 7 heteroatoms. The van der Waals surface area contributed by atoms with Crippen LogP contribution in [-0.2, 0) is 11.2 Å². The van der Waals surface area contributed by atoms with Crippen molar-refractivity contribution in [3.05, 3.63) is 47.1 Å². The first-order valence-corrected chi connectivity index (χ1v) is 7.20. The van der Waals surface area contributed by atoms with Gasteiger partial charge in [0.2, 0.25) is 5.91 Å². The maximum absolute atomic E-state index is 11.9. The molecule has 0 aliphatic carbocycles. The number of aryl methyl sites for hydroxylation is 1. The normalized spacial score (nSPS) is 10.7. The van der Waals surface area contributed by atoms with E-state index in [2.05, 4.69) is 41.2 Å². The Labute approximate surface area is 129 Å². The van der Waals surface area contributed by atoms with Crippen LogP contribution in [-0.4, -0.2) is 25.8 Å². The summed E-state index contributed by atoms with van der Waals surface area (Å²) in [6.07, 6.45) is 5.84. The van der Waals surface area contributed by atoms with Gasteiger partial charge >= 0.3 is 0 Å². The highest BCUT2D eigenvalue weighted by Crippen LogP contribution is 2.15. The number of rotatable bonds is 4. The minimum Gasteiger partial charge on any atom is -0.341 e. The van der Waals surface area contributed by atoms with Gasteiger partial charge < -0.3 is 10.3 Å². The average Bonchev–Trinajstić information content (AvgIpc) is 2.88. The van der Waals surface area contributed by atoms with Crippen LogP contribution in [0.4, 0.5) is 5.69 Å². The molecule has 0 fully saturated rings. The molecule has 0 saturated heterocycles. The number of nitrogens with zero attached hydrogens (tertiary/aromatic N) is 3. The Hall–Kier alpha value is -2.28. The molecular weight excluding hydrogens is 334 g/mol. The summed E-state index contributed by atoms with van der Waals surface area (Å²) in [5, 5.41) is 2.79. The lowest BCUT2D eigenvalue weighted by Gasteiger charge is -2.02. The maximum Gasteiger partial charge on any atom is 0.224 e. The second kappa shape index (κ2) is 6.01. The number of amides is 1. The van der Waals surface area contributed by atoms with Crippen LogP contribution in [0.2, 0.25) is 0 Å². The number of nitrogens with one attached hydrogen (secondary N) is 2. The van der Waals surface area contributed by atoms with E-state index in [0.29, 0.717) is 24.2 Å². The highest BCUT2D eigenvalue weighted by atomic mass is 79.9. The summed E-state index contributed by atoms with van der Waals surface area (Å²) in [7, 11) is 0. The number of H-pyrrole nitrogens is 1. The fourth-order valence-electron chi connectivity index (χ4n) is 1.93. The first-order valence-electron chi connectivity index (χ1n) is 6.41. The molecule has 3 aromatic heterocycles. The molecule has 6 nitrogen and oxygen atoms in total. The molecule has 0 radical (unpaired) electrons. The number of fused-ring (bicyclic) bond motifs is 1. The third-order valence-electron chi connectivity index (χ3n) is 2.89. The van der Waals surface area contributed by atoms with E-state index in [0.717, 1.165) is 15.8 Å². The third kappa shape index (κ3) is 3.43. The molecule has 0 aliphatic rings. The minimum atomic E-state index is -0.0717. The standard InChI is InChI=1S/C14H12BrN5O/c15-9-6-11-14(17-7-9)20-12(19-11)3-4-13(21)18-10-2-1-5-16-8-10/h1-2,5-8H,3-4H2,(H,18,21)(H,17,19,20). The number of imidazole rings is 1. The molecule has 2 N–H and O–H groups in total. The van der Waals surface area contributed by atoms with E-state index < -0.39 is 0 Å². The van der Waals surface area contributed by atoms with Gasteiger partial charge in [0.25, 0.3) is 0 Å². The van der Waals surface area contributed by atoms with Crippen molar-refractivity contribution in [2.75, 3.05) is 5.32 Å². The number of aromatic amines is 1. The Morgan fingerprint density at radius 2 is 2.29 bits per heavy atom. The van der Waals surface area contributed by atoms with Crippen LogP contribution in [0.1, 0.15) is 12.2 Å². The van der Waals surface area contributed by atoms with Gasteiger partial charge in [-0.3, -0.25) is 9.78 Å². The van der Waals surface area contributed by atoms with Crippen LogP contribution in [0.5, 0.6) is 0 Å². The van der Waals surface area contributed by atoms with E-state index >= 15 is 0 Å². The fraction of sp³-hybridized carbons (Fsp3) is 0.143.